The van der Waals surface area contributed by atoms with Crippen molar-refractivity contribution < 1.29 is 19.1 Å². The number of esters is 1. The molecule has 0 aliphatic carbocycles. The first-order chi connectivity index (χ1) is 18.3. The Balaban J connectivity index is 1.69. The number of carbonyl (C=O) groups is 2. The second kappa shape index (κ2) is 12.5. The average Bonchev–Trinajstić information content (AvgIpc) is 3.22. The number of nitrogens with zero attached hydrogens (tertiary/aromatic N) is 2. The molecule has 1 aliphatic rings. The second-order valence-corrected chi connectivity index (χ2v) is 10.2. The van der Waals surface area contributed by atoms with Gasteiger partial charge in [-0.25, -0.2) is 9.79 Å². The lowest BCUT2D eigenvalue weighted by Crippen LogP contribution is -2.28. The summed E-state index contributed by atoms with van der Waals surface area (Å²) in [5.74, 6) is -0.595. The van der Waals surface area contributed by atoms with Gasteiger partial charge in [0.25, 0.3) is 5.91 Å². The van der Waals surface area contributed by atoms with Gasteiger partial charge in [0, 0.05) is 0 Å². The van der Waals surface area contributed by atoms with Crippen molar-refractivity contribution in [1.29, 1.82) is 0 Å². The standard InChI is InChI=1S/C29H26Cl2N2O4S/c1-4-18-6-10-21(11-7-18)32-29-33(22-12-8-19(5-2)9-13-22)28(35)25(38-29)16-20-14-23(30)27(24(31)15-20)37-17-26(34)36-3/h6-16H,4-5,17H2,1-3H3/b25-16-,32-29?. The Morgan fingerprint density at radius 3 is 2.11 bits per heavy atom. The number of thioether (sulfide) groups is 1. The summed E-state index contributed by atoms with van der Waals surface area (Å²) in [5, 5.41) is 0.964. The summed E-state index contributed by atoms with van der Waals surface area (Å²) in [6.07, 6.45) is 3.55. The highest BCUT2D eigenvalue weighted by Gasteiger charge is 2.35. The van der Waals surface area contributed by atoms with E-state index in [0.717, 1.165) is 24.2 Å². The van der Waals surface area contributed by atoms with Gasteiger partial charge in [-0.05, 0) is 83.8 Å². The number of benzene rings is 3. The van der Waals surface area contributed by atoms with Crippen LogP contribution in [0.2, 0.25) is 10.0 Å². The molecule has 0 aromatic heterocycles. The minimum atomic E-state index is -0.556. The summed E-state index contributed by atoms with van der Waals surface area (Å²) in [6.45, 7) is 3.86. The van der Waals surface area contributed by atoms with Crippen LogP contribution >= 0.6 is 35.0 Å². The molecular formula is C29H26Cl2N2O4S. The normalized spacial score (nSPS) is 15.4. The van der Waals surface area contributed by atoms with E-state index in [1.165, 1.54) is 30.0 Å². The van der Waals surface area contributed by atoms with Crippen LogP contribution in [0.1, 0.15) is 30.5 Å². The van der Waals surface area contributed by atoms with Crippen LogP contribution in [0.5, 0.6) is 5.75 Å². The van der Waals surface area contributed by atoms with Crippen LogP contribution in [0.25, 0.3) is 6.08 Å². The molecule has 38 heavy (non-hydrogen) atoms. The first-order valence-corrected chi connectivity index (χ1v) is 13.6. The van der Waals surface area contributed by atoms with Crippen molar-refractivity contribution in [3.8, 4) is 5.75 Å². The average molecular weight is 570 g/mol. The van der Waals surface area contributed by atoms with Gasteiger partial charge in [-0.15, -0.1) is 0 Å². The number of hydrogen-bond acceptors (Lipinski definition) is 6. The molecule has 0 spiro atoms. The fraction of sp³-hybridized carbons (Fsp3) is 0.207. The second-order valence-electron chi connectivity index (χ2n) is 8.36. The number of halogens is 2. The van der Waals surface area contributed by atoms with Crippen molar-refractivity contribution in [2.45, 2.75) is 26.7 Å². The third-order valence-corrected chi connectivity index (χ3v) is 7.39. The Morgan fingerprint density at radius 2 is 1.55 bits per heavy atom. The lowest BCUT2D eigenvalue weighted by molar-refractivity contribution is -0.142. The maximum Gasteiger partial charge on any atom is 0.343 e. The number of rotatable bonds is 8. The number of aryl methyl sites for hydroxylation is 2. The van der Waals surface area contributed by atoms with Crippen LogP contribution in [0.3, 0.4) is 0 Å². The molecule has 3 aromatic rings. The molecule has 1 saturated heterocycles. The summed E-state index contributed by atoms with van der Waals surface area (Å²) in [4.78, 5) is 31.9. The van der Waals surface area contributed by atoms with E-state index in [0.29, 0.717) is 15.6 Å². The molecule has 1 amide bonds. The Hall–Kier alpha value is -3.26. The molecule has 0 radical (unpaired) electrons. The van der Waals surface area contributed by atoms with Gasteiger partial charge in [0.2, 0.25) is 0 Å². The zero-order valence-corrected chi connectivity index (χ0v) is 23.5. The molecule has 0 unspecified atom stereocenters. The van der Waals surface area contributed by atoms with Gasteiger partial charge < -0.3 is 9.47 Å². The smallest absolute Gasteiger partial charge is 0.343 e. The summed E-state index contributed by atoms with van der Waals surface area (Å²) in [5.41, 5.74) is 4.48. The van der Waals surface area contributed by atoms with Gasteiger partial charge in [-0.3, -0.25) is 9.69 Å². The molecule has 9 heteroatoms. The lowest BCUT2D eigenvalue weighted by atomic mass is 10.1. The highest BCUT2D eigenvalue weighted by molar-refractivity contribution is 8.19. The van der Waals surface area contributed by atoms with Crippen molar-refractivity contribution in [2.75, 3.05) is 18.6 Å². The monoisotopic (exact) mass is 568 g/mol. The predicted molar refractivity (Wildman–Crippen MR) is 156 cm³/mol. The van der Waals surface area contributed by atoms with E-state index in [9.17, 15) is 9.59 Å². The predicted octanol–water partition coefficient (Wildman–Crippen LogP) is 7.48. The van der Waals surface area contributed by atoms with Gasteiger partial charge in [0.15, 0.2) is 17.5 Å². The fourth-order valence-corrected chi connectivity index (χ4v) is 5.33. The van der Waals surface area contributed by atoms with E-state index in [4.69, 9.17) is 32.9 Å². The lowest BCUT2D eigenvalue weighted by Gasteiger charge is -2.16. The van der Waals surface area contributed by atoms with Crippen molar-refractivity contribution in [1.82, 2.24) is 0 Å². The Morgan fingerprint density at radius 1 is 0.974 bits per heavy atom. The number of methoxy groups -OCH3 is 1. The molecule has 6 nitrogen and oxygen atoms in total. The minimum Gasteiger partial charge on any atom is -0.479 e. The number of ether oxygens (including phenoxy) is 2. The molecule has 1 heterocycles. The van der Waals surface area contributed by atoms with E-state index in [1.807, 2.05) is 48.5 Å². The Bertz CT molecular complexity index is 1380. The van der Waals surface area contributed by atoms with E-state index in [2.05, 4.69) is 18.6 Å². The molecule has 1 aliphatic heterocycles. The van der Waals surface area contributed by atoms with Crippen molar-refractivity contribution in [2.24, 2.45) is 4.99 Å². The van der Waals surface area contributed by atoms with Crippen molar-refractivity contribution in [3.05, 3.63) is 92.3 Å². The first kappa shape index (κ1) is 27.8. The highest BCUT2D eigenvalue weighted by atomic mass is 35.5. The number of amidine groups is 1. The van der Waals surface area contributed by atoms with Crippen LogP contribution in [-0.2, 0) is 27.2 Å². The topological polar surface area (TPSA) is 68.2 Å². The summed E-state index contributed by atoms with van der Waals surface area (Å²) >= 11 is 14.0. The van der Waals surface area contributed by atoms with Gasteiger partial charge in [0.1, 0.15) is 0 Å². The Kier molecular flexibility index (Phi) is 9.15. The first-order valence-electron chi connectivity index (χ1n) is 12.0. The van der Waals surface area contributed by atoms with Gasteiger partial charge in [-0.1, -0.05) is 61.3 Å². The SMILES string of the molecule is CCc1ccc(N=C2S/C(=C\c3cc(Cl)c(OCC(=O)OC)c(Cl)c3)C(=O)N2c2ccc(CC)cc2)cc1. The largest absolute Gasteiger partial charge is 0.479 e. The molecular weight excluding hydrogens is 543 g/mol. The zero-order valence-electron chi connectivity index (χ0n) is 21.2. The molecule has 0 bridgehead atoms. The molecule has 1 fully saturated rings. The summed E-state index contributed by atoms with van der Waals surface area (Å²) < 4.78 is 9.99. The summed E-state index contributed by atoms with van der Waals surface area (Å²) in [7, 11) is 1.26. The molecule has 196 valence electrons. The zero-order chi connectivity index (χ0) is 27.2. The quantitative estimate of drug-likeness (QED) is 0.208. The van der Waals surface area contributed by atoms with Crippen LogP contribution in [0, 0.1) is 0 Å². The Labute approximate surface area is 236 Å². The van der Waals surface area contributed by atoms with Crippen LogP contribution in [0.4, 0.5) is 11.4 Å². The highest BCUT2D eigenvalue weighted by Crippen LogP contribution is 2.40. The number of amides is 1. The van der Waals surface area contributed by atoms with Crippen LogP contribution in [0.15, 0.2) is 70.6 Å². The van der Waals surface area contributed by atoms with Gasteiger partial charge in [-0.2, -0.15) is 0 Å². The number of anilines is 1. The molecule has 4 rings (SSSR count). The number of aliphatic imine (C=N–C) groups is 1. The number of hydrogen-bond donors (Lipinski definition) is 0. The van der Waals surface area contributed by atoms with E-state index in [1.54, 1.807) is 23.1 Å². The van der Waals surface area contributed by atoms with E-state index in [-0.39, 0.29) is 28.3 Å². The molecule has 3 aromatic carbocycles. The molecule has 0 atom stereocenters. The van der Waals surface area contributed by atoms with Crippen LogP contribution < -0.4 is 9.64 Å². The van der Waals surface area contributed by atoms with Gasteiger partial charge >= 0.3 is 5.97 Å². The summed E-state index contributed by atoms with van der Waals surface area (Å²) in [6, 6.07) is 19.1. The van der Waals surface area contributed by atoms with Crippen molar-refractivity contribution >= 4 is 69.5 Å². The van der Waals surface area contributed by atoms with Crippen LogP contribution in [-0.4, -0.2) is 30.8 Å². The maximum atomic E-state index is 13.6. The number of carbonyl (C=O) groups excluding carboxylic acids is 2. The molecule has 0 saturated carbocycles. The third kappa shape index (κ3) is 6.41. The van der Waals surface area contributed by atoms with E-state index >= 15 is 0 Å². The van der Waals surface area contributed by atoms with E-state index < -0.39 is 5.97 Å². The fourth-order valence-electron chi connectivity index (χ4n) is 3.72. The third-order valence-electron chi connectivity index (χ3n) is 5.86. The minimum absolute atomic E-state index is 0.168. The molecule has 0 N–H and O–H groups in total. The van der Waals surface area contributed by atoms with Gasteiger partial charge in [0.05, 0.1) is 33.4 Å². The maximum absolute atomic E-state index is 13.6. The van der Waals surface area contributed by atoms with Crippen molar-refractivity contribution in [3.63, 3.8) is 0 Å².